The second-order valence-corrected chi connectivity index (χ2v) is 7.89. The standard InChI is InChI=1S/C24H19ClO3/c25-20-3-1-2-18(13-20)17-6-4-16(5-7-17)12-23(26)24(10-11-24)19-8-9-21-22(14-19)28-15-27-21/h1-9,13-14H,10-12,15H2. The van der Waals surface area contributed by atoms with Crippen molar-refractivity contribution in [1.29, 1.82) is 0 Å². The number of ether oxygens (including phenoxy) is 2. The van der Waals surface area contributed by atoms with Crippen molar-refractivity contribution < 1.29 is 14.3 Å². The van der Waals surface area contributed by atoms with Crippen LogP contribution in [0.25, 0.3) is 11.1 Å². The van der Waals surface area contributed by atoms with E-state index in [1.54, 1.807) is 0 Å². The van der Waals surface area contributed by atoms with Crippen molar-refractivity contribution in [2.45, 2.75) is 24.7 Å². The first-order valence-electron chi connectivity index (χ1n) is 9.42. The summed E-state index contributed by atoms with van der Waals surface area (Å²) in [7, 11) is 0. The maximum atomic E-state index is 13.1. The largest absolute Gasteiger partial charge is 0.454 e. The normalized spacial score (nSPS) is 16.0. The lowest BCUT2D eigenvalue weighted by Crippen LogP contribution is -2.22. The molecular formula is C24H19ClO3. The molecule has 2 aliphatic rings. The number of carbonyl (C=O) groups excluding carboxylic acids is 1. The van der Waals surface area contributed by atoms with Gasteiger partial charge in [-0.3, -0.25) is 4.79 Å². The third-order valence-electron chi connectivity index (χ3n) is 5.69. The van der Waals surface area contributed by atoms with E-state index in [4.69, 9.17) is 21.1 Å². The molecular weight excluding hydrogens is 372 g/mol. The highest BCUT2D eigenvalue weighted by atomic mass is 35.5. The average Bonchev–Trinajstić information content (AvgIpc) is 3.40. The molecule has 0 saturated heterocycles. The summed E-state index contributed by atoms with van der Waals surface area (Å²) in [6.07, 6.45) is 2.22. The maximum Gasteiger partial charge on any atom is 0.231 e. The molecule has 1 aliphatic heterocycles. The highest BCUT2D eigenvalue weighted by molar-refractivity contribution is 6.30. The molecule has 5 rings (SSSR count). The minimum atomic E-state index is -0.368. The van der Waals surface area contributed by atoms with Crippen LogP contribution in [0.15, 0.2) is 66.7 Å². The van der Waals surface area contributed by atoms with Gasteiger partial charge in [0.25, 0.3) is 0 Å². The average molecular weight is 391 g/mol. The number of fused-ring (bicyclic) bond motifs is 1. The molecule has 1 fully saturated rings. The Hall–Kier alpha value is -2.78. The SMILES string of the molecule is O=C(Cc1ccc(-c2cccc(Cl)c2)cc1)C1(c2ccc3c(c2)OCO3)CC1. The lowest BCUT2D eigenvalue weighted by atomic mass is 9.87. The van der Waals surface area contributed by atoms with Crippen molar-refractivity contribution in [3.8, 4) is 22.6 Å². The predicted octanol–water partition coefficient (Wildman–Crippen LogP) is 5.58. The lowest BCUT2D eigenvalue weighted by molar-refractivity contribution is -0.120. The number of hydrogen-bond acceptors (Lipinski definition) is 3. The zero-order chi connectivity index (χ0) is 19.1. The van der Waals surface area contributed by atoms with E-state index in [0.717, 1.165) is 51.6 Å². The van der Waals surface area contributed by atoms with Crippen molar-refractivity contribution >= 4 is 17.4 Å². The quantitative estimate of drug-likeness (QED) is 0.570. The van der Waals surface area contributed by atoms with Gasteiger partial charge >= 0.3 is 0 Å². The molecule has 1 saturated carbocycles. The number of benzene rings is 3. The van der Waals surface area contributed by atoms with Crippen LogP contribution in [0.3, 0.4) is 0 Å². The minimum absolute atomic E-state index is 0.249. The van der Waals surface area contributed by atoms with Gasteiger partial charge in [0.2, 0.25) is 6.79 Å². The Morgan fingerprint density at radius 3 is 2.43 bits per heavy atom. The van der Waals surface area contributed by atoms with E-state index >= 15 is 0 Å². The van der Waals surface area contributed by atoms with E-state index in [1.165, 1.54) is 0 Å². The summed E-state index contributed by atoms with van der Waals surface area (Å²) < 4.78 is 10.9. The van der Waals surface area contributed by atoms with Crippen LogP contribution in [0.5, 0.6) is 11.5 Å². The van der Waals surface area contributed by atoms with Crippen molar-refractivity contribution in [3.63, 3.8) is 0 Å². The monoisotopic (exact) mass is 390 g/mol. The first kappa shape index (κ1) is 17.3. The van der Waals surface area contributed by atoms with Gasteiger partial charge in [-0.05, 0) is 59.4 Å². The van der Waals surface area contributed by atoms with Gasteiger partial charge < -0.3 is 9.47 Å². The smallest absolute Gasteiger partial charge is 0.231 e. The van der Waals surface area contributed by atoms with E-state index in [-0.39, 0.29) is 18.0 Å². The summed E-state index contributed by atoms with van der Waals surface area (Å²) >= 11 is 6.08. The zero-order valence-corrected chi connectivity index (χ0v) is 16.0. The van der Waals surface area contributed by atoms with E-state index in [9.17, 15) is 4.79 Å². The van der Waals surface area contributed by atoms with Crippen LogP contribution in [0, 0.1) is 0 Å². The van der Waals surface area contributed by atoms with Gasteiger partial charge in [-0.1, -0.05) is 54.1 Å². The Kier molecular flexibility index (Phi) is 4.13. The van der Waals surface area contributed by atoms with Gasteiger partial charge in [0, 0.05) is 11.4 Å². The first-order chi connectivity index (χ1) is 13.6. The first-order valence-corrected chi connectivity index (χ1v) is 9.80. The van der Waals surface area contributed by atoms with Gasteiger partial charge in [-0.2, -0.15) is 0 Å². The van der Waals surface area contributed by atoms with E-state index < -0.39 is 0 Å². The number of hydrogen-bond donors (Lipinski definition) is 0. The predicted molar refractivity (Wildman–Crippen MR) is 109 cm³/mol. The molecule has 28 heavy (non-hydrogen) atoms. The number of halogens is 1. The Balaban J connectivity index is 1.34. The minimum Gasteiger partial charge on any atom is -0.454 e. The summed E-state index contributed by atoms with van der Waals surface area (Å²) in [4.78, 5) is 13.1. The molecule has 4 heteroatoms. The molecule has 0 atom stereocenters. The third-order valence-corrected chi connectivity index (χ3v) is 5.92. The number of Topliss-reactive ketones (excluding diaryl/α,β-unsaturated/α-hetero) is 1. The molecule has 1 aliphatic carbocycles. The van der Waals surface area contributed by atoms with Gasteiger partial charge in [0.05, 0.1) is 5.41 Å². The molecule has 0 N–H and O–H groups in total. The Labute approximate surface area is 168 Å². The molecule has 0 radical (unpaired) electrons. The summed E-state index contributed by atoms with van der Waals surface area (Å²) in [5.41, 5.74) is 3.87. The third kappa shape index (κ3) is 3.06. The topological polar surface area (TPSA) is 35.5 Å². The second-order valence-electron chi connectivity index (χ2n) is 7.46. The molecule has 1 heterocycles. The zero-order valence-electron chi connectivity index (χ0n) is 15.3. The van der Waals surface area contributed by atoms with Crippen molar-refractivity contribution in [2.75, 3.05) is 6.79 Å². The van der Waals surface area contributed by atoms with Gasteiger partial charge in [-0.25, -0.2) is 0 Å². The fraction of sp³-hybridized carbons (Fsp3) is 0.208. The molecule has 140 valence electrons. The Bertz CT molecular complexity index is 1050. The number of rotatable bonds is 5. The summed E-state index contributed by atoms with van der Waals surface area (Å²) in [6.45, 7) is 0.249. The highest BCUT2D eigenvalue weighted by Gasteiger charge is 2.50. The van der Waals surface area contributed by atoms with Crippen LogP contribution in [0.1, 0.15) is 24.0 Å². The number of carbonyl (C=O) groups is 1. The van der Waals surface area contributed by atoms with Crippen molar-refractivity contribution in [1.82, 2.24) is 0 Å². The maximum absolute atomic E-state index is 13.1. The van der Waals surface area contributed by atoms with Gasteiger partial charge in [0.15, 0.2) is 11.5 Å². The van der Waals surface area contributed by atoms with Crippen LogP contribution in [0.2, 0.25) is 5.02 Å². The lowest BCUT2D eigenvalue weighted by Gasteiger charge is -2.15. The van der Waals surface area contributed by atoms with E-state index in [2.05, 4.69) is 12.1 Å². The van der Waals surface area contributed by atoms with Gasteiger partial charge in [-0.15, -0.1) is 0 Å². The van der Waals surface area contributed by atoms with Crippen molar-refractivity contribution in [3.05, 3.63) is 82.9 Å². The molecule has 3 aromatic carbocycles. The molecule has 0 aromatic heterocycles. The van der Waals surface area contributed by atoms with E-state index in [1.807, 2.05) is 54.6 Å². The van der Waals surface area contributed by atoms with Crippen LogP contribution >= 0.6 is 11.6 Å². The molecule has 0 spiro atoms. The second kappa shape index (κ2) is 6.68. The van der Waals surface area contributed by atoms with Crippen molar-refractivity contribution in [2.24, 2.45) is 0 Å². The molecule has 0 unspecified atom stereocenters. The number of ketones is 1. The fourth-order valence-corrected chi connectivity index (χ4v) is 4.08. The Morgan fingerprint density at radius 2 is 1.68 bits per heavy atom. The van der Waals surface area contributed by atoms with Crippen LogP contribution < -0.4 is 9.47 Å². The summed E-state index contributed by atoms with van der Waals surface area (Å²) in [5, 5.41) is 0.719. The molecule has 0 amide bonds. The summed E-state index contributed by atoms with van der Waals surface area (Å²) in [5.74, 6) is 1.76. The van der Waals surface area contributed by atoms with Gasteiger partial charge in [0.1, 0.15) is 5.78 Å². The van der Waals surface area contributed by atoms with Crippen LogP contribution in [-0.4, -0.2) is 12.6 Å². The fourth-order valence-electron chi connectivity index (χ4n) is 3.89. The molecule has 3 nitrogen and oxygen atoms in total. The van der Waals surface area contributed by atoms with Crippen LogP contribution in [-0.2, 0) is 16.6 Å². The highest BCUT2D eigenvalue weighted by Crippen LogP contribution is 2.51. The summed E-state index contributed by atoms with van der Waals surface area (Å²) in [6, 6.07) is 21.8. The van der Waals surface area contributed by atoms with E-state index in [0.29, 0.717) is 6.42 Å². The Morgan fingerprint density at radius 1 is 0.893 bits per heavy atom. The molecule has 3 aromatic rings. The molecule has 0 bridgehead atoms. The van der Waals surface area contributed by atoms with Crippen LogP contribution in [0.4, 0.5) is 0 Å².